The van der Waals surface area contributed by atoms with Crippen LogP contribution in [-0.4, -0.2) is 16.8 Å². The van der Waals surface area contributed by atoms with Crippen LogP contribution in [0.5, 0.6) is 0 Å². The summed E-state index contributed by atoms with van der Waals surface area (Å²) in [6.07, 6.45) is 2.38. The molecule has 0 aliphatic heterocycles. The molecule has 0 amide bonds. The number of hydrogen-bond donors (Lipinski definition) is 1. The summed E-state index contributed by atoms with van der Waals surface area (Å²) in [7, 11) is 0. The highest BCUT2D eigenvalue weighted by Gasteiger charge is 2.43. The van der Waals surface area contributed by atoms with Crippen molar-refractivity contribution in [3.63, 3.8) is 0 Å². The molecule has 0 atom stereocenters. The van der Waals surface area contributed by atoms with Crippen LogP contribution < -0.4 is 0 Å². The number of rotatable bonds is 6. The third kappa shape index (κ3) is 3.74. The minimum Gasteiger partial charge on any atom is -0.481 e. The van der Waals surface area contributed by atoms with Gasteiger partial charge in [-0.2, -0.15) is 17.0 Å². The third-order valence-electron chi connectivity index (χ3n) is 3.62. The van der Waals surface area contributed by atoms with Crippen molar-refractivity contribution in [2.75, 3.05) is 5.75 Å². The van der Waals surface area contributed by atoms with Gasteiger partial charge in [0.25, 0.3) is 0 Å². The molecule has 2 rings (SSSR count). The van der Waals surface area contributed by atoms with E-state index in [4.69, 9.17) is 10.4 Å². The first-order valence-electron chi connectivity index (χ1n) is 6.34. The fourth-order valence-electron chi connectivity index (χ4n) is 2.17. The van der Waals surface area contributed by atoms with Gasteiger partial charge in [0.05, 0.1) is 18.1 Å². The van der Waals surface area contributed by atoms with E-state index in [-0.39, 0.29) is 5.41 Å². The Morgan fingerprint density at radius 3 is 2.79 bits per heavy atom. The van der Waals surface area contributed by atoms with Gasteiger partial charge in [-0.1, -0.05) is 6.07 Å². The maximum absolute atomic E-state index is 10.8. The fourth-order valence-corrected chi connectivity index (χ4v) is 3.64. The Balaban J connectivity index is 1.86. The van der Waals surface area contributed by atoms with E-state index in [9.17, 15) is 4.79 Å². The van der Waals surface area contributed by atoms with Gasteiger partial charge in [0.1, 0.15) is 0 Å². The SMILES string of the molecule is Cc1cc(C#N)ccc1CSCC1(CC(=O)O)CC1. The molecule has 1 aromatic rings. The Morgan fingerprint density at radius 2 is 2.26 bits per heavy atom. The standard InChI is InChI=1S/C15H17NO2S/c1-11-6-12(8-16)2-3-13(11)9-19-10-15(4-5-15)7-14(17)18/h2-3,6H,4-5,7,9-10H2,1H3,(H,17,18). The quantitative estimate of drug-likeness (QED) is 0.864. The third-order valence-corrected chi connectivity index (χ3v) is 4.95. The highest BCUT2D eigenvalue weighted by Crippen LogP contribution is 2.51. The van der Waals surface area contributed by atoms with E-state index >= 15 is 0 Å². The molecule has 0 bridgehead atoms. The molecule has 1 saturated carbocycles. The van der Waals surface area contributed by atoms with Crippen LogP contribution in [0.3, 0.4) is 0 Å². The van der Waals surface area contributed by atoms with E-state index in [1.807, 2.05) is 25.1 Å². The van der Waals surface area contributed by atoms with Crippen LogP contribution >= 0.6 is 11.8 Å². The van der Waals surface area contributed by atoms with Gasteiger partial charge in [0.2, 0.25) is 0 Å². The van der Waals surface area contributed by atoms with Crippen LogP contribution in [0.25, 0.3) is 0 Å². The number of aryl methyl sites for hydroxylation is 1. The number of benzene rings is 1. The van der Waals surface area contributed by atoms with E-state index in [1.165, 1.54) is 5.56 Å². The van der Waals surface area contributed by atoms with Crippen molar-refractivity contribution in [2.24, 2.45) is 5.41 Å². The number of carbonyl (C=O) groups is 1. The largest absolute Gasteiger partial charge is 0.481 e. The fraction of sp³-hybridized carbons (Fsp3) is 0.467. The summed E-state index contributed by atoms with van der Waals surface area (Å²) in [6.45, 7) is 2.01. The summed E-state index contributed by atoms with van der Waals surface area (Å²) in [4.78, 5) is 10.8. The minimum atomic E-state index is -0.687. The molecule has 100 valence electrons. The van der Waals surface area contributed by atoms with Crippen molar-refractivity contribution in [3.8, 4) is 6.07 Å². The molecule has 0 unspecified atom stereocenters. The van der Waals surface area contributed by atoms with Gasteiger partial charge in [-0.05, 0) is 54.2 Å². The second-order valence-corrected chi connectivity index (χ2v) is 6.30. The molecule has 1 N–H and O–H groups in total. The zero-order valence-corrected chi connectivity index (χ0v) is 11.8. The Morgan fingerprint density at radius 1 is 1.53 bits per heavy atom. The van der Waals surface area contributed by atoms with E-state index < -0.39 is 5.97 Å². The first-order chi connectivity index (χ1) is 9.04. The van der Waals surface area contributed by atoms with Crippen molar-refractivity contribution < 1.29 is 9.90 Å². The molecular weight excluding hydrogens is 258 g/mol. The Hall–Kier alpha value is -1.47. The van der Waals surface area contributed by atoms with Crippen molar-refractivity contribution in [1.29, 1.82) is 5.26 Å². The van der Waals surface area contributed by atoms with Crippen molar-refractivity contribution in [1.82, 2.24) is 0 Å². The summed E-state index contributed by atoms with van der Waals surface area (Å²) in [5.41, 5.74) is 3.11. The average molecular weight is 275 g/mol. The second kappa shape index (κ2) is 5.66. The van der Waals surface area contributed by atoms with Gasteiger partial charge in [-0.25, -0.2) is 0 Å². The Kier molecular flexibility index (Phi) is 4.16. The zero-order chi connectivity index (χ0) is 13.9. The molecule has 3 nitrogen and oxygen atoms in total. The van der Waals surface area contributed by atoms with Gasteiger partial charge in [-0.3, -0.25) is 4.79 Å². The number of nitriles is 1. The molecule has 0 aromatic heterocycles. The average Bonchev–Trinajstić information content (AvgIpc) is 3.10. The molecule has 19 heavy (non-hydrogen) atoms. The first-order valence-corrected chi connectivity index (χ1v) is 7.49. The number of hydrogen-bond acceptors (Lipinski definition) is 3. The summed E-state index contributed by atoms with van der Waals surface area (Å²) in [5, 5.41) is 17.7. The van der Waals surface area contributed by atoms with Crippen LogP contribution in [0.15, 0.2) is 18.2 Å². The van der Waals surface area contributed by atoms with Crippen LogP contribution in [0.1, 0.15) is 36.0 Å². The lowest BCUT2D eigenvalue weighted by molar-refractivity contribution is -0.138. The lowest BCUT2D eigenvalue weighted by Crippen LogP contribution is -2.11. The molecule has 1 aliphatic rings. The topological polar surface area (TPSA) is 61.1 Å². The minimum absolute atomic E-state index is 0.0526. The summed E-state index contributed by atoms with van der Waals surface area (Å²) >= 11 is 1.80. The number of nitrogens with zero attached hydrogens (tertiary/aromatic N) is 1. The van der Waals surface area contributed by atoms with Crippen LogP contribution in [0.4, 0.5) is 0 Å². The summed E-state index contributed by atoms with van der Waals surface area (Å²) < 4.78 is 0. The zero-order valence-electron chi connectivity index (χ0n) is 11.0. The molecule has 0 heterocycles. The smallest absolute Gasteiger partial charge is 0.303 e. The predicted molar refractivity (Wildman–Crippen MR) is 76.0 cm³/mol. The predicted octanol–water partition coefficient (Wildman–Crippen LogP) is 3.35. The lowest BCUT2D eigenvalue weighted by Gasteiger charge is -2.12. The van der Waals surface area contributed by atoms with E-state index in [1.54, 1.807) is 11.8 Å². The number of carboxylic acid groups (broad SMARTS) is 1. The number of carboxylic acids is 1. The van der Waals surface area contributed by atoms with Gasteiger partial charge in [-0.15, -0.1) is 0 Å². The normalized spacial score (nSPS) is 15.8. The van der Waals surface area contributed by atoms with E-state index in [0.29, 0.717) is 12.0 Å². The number of aliphatic carboxylic acids is 1. The molecular formula is C15H17NO2S. The van der Waals surface area contributed by atoms with Gasteiger partial charge < -0.3 is 5.11 Å². The van der Waals surface area contributed by atoms with Crippen molar-refractivity contribution in [3.05, 3.63) is 34.9 Å². The Labute approximate surface area is 117 Å². The van der Waals surface area contributed by atoms with Crippen molar-refractivity contribution in [2.45, 2.75) is 31.9 Å². The number of thioether (sulfide) groups is 1. The maximum Gasteiger partial charge on any atom is 0.303 e. The molecule has 1 fully saturated rings. The molecule has 0 spiro atoms. The van der Waals surface area contributed by atoms with E-state index in [2.05, 4.69) is 6.07 Å². The van der Waals surface area contributed by atoms with Gasteiger partial charge in [0.15, 0.2) is 0 Å². The first kappa shape index (κ1) is 14.0. The van der Waals surface area contributed by atoms with E-state index in [0.717, 1.165) is 29.9 Å². The van der Waals surface area contributed by atoms with Crippen LogP contribution in [-0.2, 0) is 10.5 Å². The highest BCUT2D eigenvalue weighted by molar-refractivity contribution is 7.98. The monoisotopic (exact) mass is 275 g/mol. The van der Waals surface area contributed by atoms with Gasteiger partial charge in [0, 0.05) is 5.75 Å². The molecule has 1 aliphatic carbocycles. The molecule has 1 aromatic carbocycles. The summed E-state index contributed by atoms with van der Waals surface area (Å²) in [6, 6.07) is 7.88. The van der Waals surface area contributed by atoms with Crippen LogP contribution in [0.2, 0.25) is 0 Å². The second-order valence-electron chi connectivity index (χ2n) is 5.32. The highest BCUT2D eigenvalue weighted by atomic mass is 32.2. The van der Waals surface area contributed by atoms with Crippen molar-refractivity contribution >= 4 is 17.7 Å². The molecule has 0 radical (unpaired) electrons. The summed E-state index contributed by atoms with van der Waals surface area (Å²) in [5.74, 6) is 1.12. The molecule has 4 heteroatoms. The Bertz CT molecular complexity index is 529. The van der Waals surface area contributed by atoms with Gasteiger partial charge >= 0.3 is 5.97 Å². The molecule has 0 saturated heterocycles. The lowest BCUT2D eigenvalue weighted by atomic mass is 10.1. The van der Waals surface area contributed by atoms with Crippen LogP contribution in [0, 0.1) is 23.7 Å². The maximum atomic E-state index is 10.8.